The van der Waals surface area contributed by atoms with E-state index in [4.69, 9.17) is 4.74 Å². The maximum absolute atomic E-state index is 13.1. The molecule has 7 nitrogen and oxygen atoms in total. The Hall–Kier alpha value is -3.49. The lowest BCUT2D eigenvalue weighted by atomic mass is 10.0. The Labute approximate surface area is 199 Å². The molecule has 1 aliphatic rings. The molecule has 0 saturated carbocycles. The number of fused-ring (bicyclic) bond motifs is 1. The van der Waals surface area contributed by atoms with Crippen LogP contribution in [0.4, 0.5) is 5.82 Å². The van der Waals surface area contributed by atoms with Crippen LogP contribution >= 0.6 is 0 Å². The van der Waals surface area contributed by atoms with Crippen molar-refractivity contribution in [2.45, 2.75) is 11.8 Å². The predicted octanol–water partition coefficient (Wildman–Crippen LogP) is 4.12. The molecule has 34 heavy (non-hydrogen) atoms. The van der Waals surface area contributed by atoms with Gasteiger partial charge in [0.1, 0.15) is 5.75 Å². The Balaban J connectivity index is 1.30. The van der Waals surface area contributed by atoms with Gasteiger partial charge in [-0.1, -0.05) is 42.5 Å². The van der Waals surface area contributed by atoms with E-state index in [2.05, 4.69) is 39.4 Å². The van der Waals surface area contributed by atoms with Crippen LogP contribution < -0.4 is 9.64 Å². The number of nitrogens with zero attached hydrogens (tertiary/aromatic N) is 4. The Morgan fingerprint density at radius 3 is 2.32 bits per heavy atom. The van der Waals surface area contributed by atoms with Gasteiger partial charge in [-0.3, -0.25) is 0 Å². The Morgan fingerprint density at radius 1 is 0.853 bits per heavy atom. The van der Waals surface area contributed by atoms with Gasteiger partial charge in [0.2, 0.25) is 10.0 Å². The maximum atomic E-state index is 13.1. The van der Waals surface area contributed by atoms with Gasteiger partial charge in [-0.2, -0.15) is 4.31 Å². The minimum absolute atomic E-state index is 0.290. The SMILES string of the molecule is COc1ccc(S(=O)(=O)N2CCN(c3ccc(-c4cccc5ccccc45)nn3)CC2)cc1C. The number of hydrogen-bond acceptors (Lipinski definition) is 6. The number of rotatable bonds is 5. The van der Waals surface area contributed by atoms with Gasteiger partial charge in [-0.25, -0.2) is 8.42 Å². The number of sulfonamides is 1. The van der Waals surface area contributed by atoms with E-state index in [0.29, 0.717) is 36.8 Å². The number of hydrogen-bond donors (Lipinski definition) is 0. The molecular weight excluding hydrogens is 448 g/mol. The van der Waals surface area contributed by atoms with Gasteiger partial charge in [0, 0.05) is 31.7 Å². The quantitative estimate of drug-likeness (QED) is 0.433. The summed E-state index contributed by atoms with van der Waals surface area (Å²) < 4.78 is 33.0. The van der Waals surface area contributed by atoms with Crippen molar-refractivity contribution in [2.24, 2.45) is 0 Å². The first-order valence-electron chi connectivity index (χ1n) is 11.2. The molecule has 0 spiro atoms. The van der Waals surface area contributed by atoms with E-state index in [0.717, 1.165) is 33.4 Å². The van der Waals surface area contributed by atoms with Crippen LogP contribution in [0.15, 0.2) is 77.7 Å². The summed E-state index contributed by atoms with van der Waals surface area (Å²) in [5.41, 5.74) is 2.66. The lowest BCUT2D eigenvalue weighted by molar-refractivity contribution is 0.383. The minimum Gasteiger partial charge on any atom is -0.496 e. The Morgan fingerprint density at radius 2 is 1.62 bits per heavy atom. The number of methoxy groups -OCH3 is 1. The van der Waals surface area contributed by atoms with E-state index < -0.39 is 10.0 Å². The predicted molar refractivity (Wildman–Crippen MR) is 134 cm³/mol. The molecule has 1 fully saturated rings. The van der Waals surface area contributed by atoms with Gasteiger partial charge in [0.25, 0.3) is 0 Å². The van der Waals surface area contributed by atoms with Crippen LogP contribution in [0.25, 0.3) is 22.0 Å². The summed E-state index contributed by atoms with van der Waals surface area (Å²) in [7, 11) is -1.99. The molecule has 5 rings (SSSR count). The molecule has 2 heterocycles. The van der Waals surface area contributed by atoms with Crippen molar-refractivity contribution in [3.8, 4) is 17.0 Å². The summed E-state index contributed by atoms with van der Waals surface area (Å²) in [6.07, 6.45) is 0. The fourth-order valence-corrected chi connectivity index (χ4v) is 5.91. The molecule has 1 saturated heterocycles. The number of aryl methyl sites for hydroxylation is 1. The van der Waals surface area contributed by atoms with Gasteiger partial charge in [0.15, 0.2) is 5.82 Å². The smallest absolute Gasteiger partial charge is 0.243 e. The molecule has 3 aromatic carbocycles. The molecule has 0 radical (unpaired) electrons. The molecular formula is C26H26N4O3S. The first-order chi connectivity index (χ1) is 16.5. The average Bonchev–Trinajstić information content (AvgIpc) is 2.88. The molecule has 1 aliphatic heterocycles. The minimum atomic E-state index is -3.56. The molecule has 0 unspecified atom stereocenters. The van der Waals surface area contributed by atoms with Crippen LogP contribution in [0.5, 0.6) is 5.75 Å². The number of ether oxygens (including phenoxy) is 1. The fraction of sp³-hybridized carbons (Fsp3) is 0.231. The zero-order valence-corrected chi connectivity index (χ0v) is 20.0. The zero-order valence-electron chi connectivity index (χ0n) is 19.2. The van der Waals surface area contributed by atoms with Crippen LogP contribution in [0.3, 0.4) is 0 Å². The van der Waals surface area contributed by atoms with Crippen molar-refractivity contribution in [3.05, 3.63) is 78.4 Å². The van der Waals surface area contributed by atoms with Gasteiger partial charge >= 0.3 is 0 Å². The van der Waals surface area contributed by atoms with Gasteiger partial charge in [-0.15, -0.1) is 10.2 Å². The third kappa shape index (κ3) is 4.10. The number of piperazine rings is 1. The zero-order chi connectivity index (χ0) is 23.7. The number of benzene rings is 3. The lowest BCUT2D eigenvalue weighted by Crippen LogP contribution is -2.49. The summed E-state index contributed by atoms with van der Waals surface area (Å²) in [6, 6.07) is 23.3. The lowest BCUT2D eigenvalue weighted by Gasteiger charge is -2.34. The van der Waals surface area contributed by atoms with Crippen molar-refractivity contribution in [3.63, 3.8) is 0 Å². The van der Waals surface area contributed by atoms with E-state index in [-0.39, 0.29) is 0 Å². The van der Waals surface area contributed by atoms with Crippen LogP contribution in [0.1, 0.15) is 5.56 Å². The third-order valence-corrected chi connectivity index (χ3v) is 8.18. The van der Waals surface area contributed by atoms with Crippen LogP contribution in [-0.4, -0.2) is 56.2 Å². The molecule has 0 aliphatic carbocycles. The summed E-state index contributed by atoms with van der Waals surface area (Å²) >= 11 is 0. The first-order valence-corrected chi connectivity index (χ1v) is 12.6. The highest BCUT2D eigenvalue weighted by Crippen LogP contribution is 2.28. The highest BCUT2D eigenvalue weighted by Gasteiger charge is 2.29. The van der Waals surface area contributed by atoms with E-state index in [1.165, 1.54) is 4.31 Å². The second-order valence-electron chi connectivity index (χ2n) is 8.33. The van der Waals surface area contributed by atoms with E-state index in [1.807, 2.05) is 37.3 Å². The Bertz CT molecular complexity index is 1430. The molecule has 1 aromatic heterocycles. The van der Waals surface area contributed by atoms with Crippen LogP contribution in [0.2, 0.25) is 0 Å². The topological polar surface area (TPSA) is 75.6 Å². The maximum Gasteiger partial charge on any atom is 0.243 e. The van der Waals surface area contributed by atoms with Crippen molar-refractivity contribution in [1.29, 1.82) is 0 Å². The number of aromatic nitrogens is 2. The normalized spacial score (nSPS) is 14.9. The van der Waals surface area contributed by atoms with Gasteiger partial charge in [0.05, 0.1) is 17.7 Å². The van der Waals surface area contributed by atoms with Crippen molar-refractivity contribution >= 4 is 26.6 Å². The highest BCUT2D eigenvalue weighted by atomic mass is 32.2. The molecule has 4 aromatic rings. The van der Waals surface area contributed by atoms with Gasteiger partial charge in [-0.05, 0) is 53.6 Å². The van der Waals surface area contributed by atoms with E-state index in [9.17, 15) is 8.42 Å². The second-order valence-corrected chi connectivity index (χ2v) is 10.3. The average molecular weight is 475 g/mol. The molecule has 0 atom stereocenters. The third-order valence-electron chi connectivity index (χ3n) is 6.28. The number of anilines is 1. The summed E-state index contributed by atoms with van der Waals surface area (Å²) in [5, 5.41) is 11.2. The van der Waals surface area contributed by atoms with Crippen molar-refractivity contribution < 1.29 is 13.2 Å². The molecule has 174 valence electrons. The van der Waals surface area contributed by atoms with Crippen LogP contribution in [-0.2, 0) is 10.0 Å². The standard InChI is InChI=1S/C26H26N4O3S/c1-19-18-21(10-12-25(19)33-2)34(31,32)30-16-14-29(15-17-30)26-13-11-24(27-28-26)23-9-5-7-20-6-3-4-8-22(20)23/h3-13,18H,14-17H2,1-2H3. The summed E-state index contributed by atoms with van der Waals surface area (Å²) in [4.78, 5) is 2.36. The molecule has 0 bridgehead atoms. The van der Waals surface area contributed by atoms with E-state index in [1.54, 1.807) is 25.3 Å². The largest absolute Gasteiger partial charge is 0.496 e. The van der Waals surface area contributed by atoms with Gasteiger partial charge < -0.3 is 9.64 Å². The van der Waals surface area contributed by atoms with Crippen LogP contribution in [0, 0.1) is 6.92 Å². The second kappa shape index (κ2) is 9.04. The van der Waals surface area contributed by atoms with Crippen molar-refractivity contribution in [2.75, 3.05) is 38.2 Å². The molecule has 8 heteroatoms. The summed E-state index contributed by atoms with van der Waals surface area (Å²) in [6.45, 7) is 3.73. The fourth-order valence-electron chi connectivity index (χ4n) is 4.40. The summed E-state index contributed by atoms with van der Waals surface area (Å²) in [5.74, 6) is 1.43. The molecule has 0 amide bonds. The Kier molecular flexibility index (Phi) is 5.93. The monoisotopic (exact) mass is 474 g/mol. The first kappa shape index (κ1) is 22.3. The van der Waals surface area contributed by atoms with E-state index >= 15 is 0 Å². The highest BCUT2D eigenvalue weighted by molar-refractivity contribution is 7.89. The van der Waals surface area contributed by atoms with Crippen molar-refractivity contribution in [1.82, 2.24) is 14.5 Å². The molecule has 0 N–H and O–H groups in total.